The van der Waals surface area contributed by atoms with E-state index in [4.69, 9.17) is 4.98 Å². The van der Waals surface area contributed by atoms with Crippen molar-refractivity contribution in [3.05, 3.63) is 120 Å². The van der Waals surface area contributed by atoms with Crippen molar-refractivity contribution in [2.24, 2.45) is 17.3 Å². The highest BCUT2D eigenvalue weighted by molar-refractivity contribution is 6.03. The lowest BCUT2D eigenvalue weighted by Gasteiger charge is -2.05. The lowest BCUT2D eigenvalue weighted by atomic mass is 10.1. The maximum Gasteiger partial charge on any atom is 0.314 e. The van der Waals surface area contributed by atoms with Crippen LogP contribution in [0, 0.1) is 0 Å². The van der Waals surface area contributed by atoms with Crippen LogP contribution in [0.1, 0.15) is 16.1 Å². The molecule has 0 radical (unpaired) electrons. The zero-order valence-electron chi connectivity index (χ0n) is 21.6. The van der Waals surface area contributed by atoms with Crippen LogP contribution < -0.4 is 0 Å². The van der Waals surface area contributed by atoms with E-state index in [1.54, 1.807) is 11.6 Å². The summed E-state index contributed by atoms with van der Waals surface area (Å²) in [6.07, 6.45) is 0. The van der Waals surface area contributed by atoms with Crippen molar-refractivity contribution in [1.29, 1.82) is 0 Å². The third-order valence-corrected chi connectivity index (χ3v) is 7.24. The van der Waals surface area contributed by atoms with Crippen LogP contribution in [-0.4, -0.2) is 29.5 Å². The van der Waals surface area contributed by atoms with Gasteiger partial charge in [-0.1, -0.05) is 91.0 Å². The number of para-hydroxylation sites is 3. The molecule has 7 rings (SSSR count). The molecule has 3 heterocycles. The summed E-state index contributed by atoms with van der Waals surface area (Å²) in [5.41, 5.74) is 5.59. The average molecular weight is 525 g/mol. The van der Waals surface area contributed by atoms with Gasteiger partial charge in [0.1, 0.15) is 11.4 Å². The fourth-order valence-electron chi connectivity index (χ4n) is 5.32. The summed E-state index contributed by atoms with van der Waals surface area (Å²) in [6.45, 7) is 0.585. The van der Waals surface area contributed by atoms with Crippen LogP contribution in [0.4, 0.5) is 5.69 Å². The summed E-state index contributed by atoms with van der Waals surface area (Å²) >= 11 is 0. The molecule has 8 nitrogen and oxygen atoms in total. The van der Waals surface area contributed by atoms with Crippen LogP contribution >= 0.6 is 0 Å². The first-order valence-electron chi connectivity index (χ1n) is 12.9. The Hall–Kier alpha value is -5.50. The number of rotatable bonds is 5. The lowest BCUT2D eigenvalue weighted by Crippen LogP contribution is -2.02. The summed E-state index contributed by atoms with van der Waals surface area (Å²) in [5, 5.41) is 19.8. The lowest BCUT2D eigenvalue weighted by molar-refractivity contribution is 0.0990. The highest BCUT2D eigenvalue weighted by Gasteiger charge is 2.26. The van der Waals surface area contributed by atoms with Gasteiger partial charge in [0.25, 0.3) is 0 Å². The molecule has 3 aromatic heterocycles. The molecule has 0 fully saturated rings. The normalized spacial score (nSPS) is 11.8. The van der Waals surface area contributed by atoms with Crippen molar-refractivity contribution in [3.63, 3.8) is 0 Å². The van der Waals surface area contributed by atoms with Crippen LogP contribution in [0.25, 0.3) is 39.0 Å². The van der Waals surface area contributed by atoms with Crippen molar-refractivity contribution in [1.82, 2.24) is 18.5 Å². The first-order valence-corrected chi connectivity index (χ1v) is 12.9. The molecule has 0 spiro atoms. The Kier molecular flexibility index (Phi) is 5.52. The highest BCUT2D eigenvalue weighted by atomic mass is 16.3. The van der Waals surface area contributed by atoms with Gasteiger partial charge in [0.15, 0.2) is 5.69 Å². The monoisotopic (exact) mass is 524 g/mol. The Bertz CT molecular complexity index is 2070. The summed E-state index contributed by atoms with van der Waals surface area (Å²) < 4.78 is 5.60. The fourth-order valence-corrected chi connectivity index (χ4v) is 5.32. The molecule has 0 aliphatic rings. The first kappa shape index (κ1) is 23.6. The van der Waals surface area contributed by atoms with Gasteiger partial charge in [-0.2, -0.15) is 0 Å². The van der Waals surface area contributed by atoms with Gasteiger partial charge in [0, 0.05) is 18.0 Å². The van der Waals surface area contributed by atoms with Crippen LogP contribution in [-0.2, 0) is 13.6 Å². The maximum absolute atomic E-state index is 13.9. The number of amides is 1. The molecule has 8 heteroatoms. The Labute approximate surface area is 229 Å². The number of imidazole rings is 2. The minimum atomic E-state index is -0.554. The van der Waals surface area contributed by atoms with Gasteiger partial charge in [-0.3, -0.25) is 9.20 Å². The number of aryl methyl sites for hydroxylation is 1. The minimum Gasteiger partial charge on any atom is -0.493 e. The smallest absolute Gasteiger partial charge is 0.314 e. The molecular weight excluding hydrogens is 500 g/mol. The molecule has 0 atom stereocenters. The van der Waals surface area contributed by atoms with E-state index in [0.29, 0.717) is 29.1 Å². The molecule has 0 bridgehead atoms. The Morgan fingerprint density at radius 3 is 2.17 bits per heavy atom. The first-order chi connectivity index (χ1) is 19.6. The molecule has 40 heavy (non-hydrogen) atoms. The Morgan fingerprint density at radius 2 is 1.43 bits per heavy atom. The van der Waals surface area contributed by atoms with Crippen LogP contribution in [0.3, 0.4) is 0 Å². The van der Waals surface area contributed by atoms with Crippen molar-refractivity contribution >= 4 is 39.3 Å². The molecule has 4 aromatic carbocycles. The molecule has 194 valence electrons. The Balaban J connectivity index is 1.45. The standard InChI is InChI=1S/C32H24N6O2/c1-36-24-17-9-8-16-23(24)28(31(36)40)34-35-30(39)29-27(22-14-6-3-7-15-22)33-32-37(20-21-12-4-2-5-13-21)25-18-10-11-19-26(25)38(29)32/h2-19,40H,20H2,1H3. The average Bonchev–Trinajstić information content (AvgIpc) is 3.61. The molecule has 0 saturated carbocycles. The number of aromatic nitrogens is 4. The van der Waals surface area contributed by atoms with Crippen molar-refractivity contribution in [2.45, 2.75) is 6.54 Å². The predicted molar refractivity (Wildman–Crippen MR) is 155 cm³/mol. The summed E-state index contributed by atoms with van der Waals surface area (Å²) in [6, 6.07) is 35.2. The second kappa shape index (κ2) is 9.36. The van der Waals surface area contributed by atoms with Crippen molar-refractivity contribution in [3.8, 4) is 17.1 Å². The molecular formula is C32H24N6O2. The van der Waals surface area contributed by atoms with E-state index in [9.17, 15) is 9.90 Å². The second-order valence-electron chi connectivity index (χ2n) is 9.62. The third kappa shape index (κ3) is 3.69. The number of benzene rings is 4. The van der Waals surface area contributed by atoms with Gasteiger partial charge in [-0.15, -0.1) is 10.2 Å². The number of hydrogen-bond donors (Lipinski definition) is 1. The number of nitrogens with zero attached hydrogens (tertiary/aromatic N) is 6. The van der Waals surface area contributed by atoms with E-state index >= 15 is 0 Å². The van der Waals surface area contributed by atoms with Crippen molar-refractivity contribution < 1.29 is 9.90 Å². The SMILES string of the molecule is Cn1c(O)c(N=NC(=O)c2c(-c3ccccc3)nc3n(Cc4ccccc4)c4ccccc4n23)c2ccccc21. The molecule has 7 aromatic rings. The van der Waals surface area contributed by atoms with E-state index in [-0.39, 0.29) is 11.6 Å². The fraction of sp³-hybridized carbons (Fsp3) is 0.0625. The quantitative estimate of drug-likeness (QED) is 0.243. The van der Waals surface area contributed by atoms with Gasteiger partial charge in [0.05, 0.1) is 23.1 Å². The highest BCUT2D eigenvalue weighted by Crippen LogP contribution is 2.38. The molecule has 0 saturated heterocycles. The summed E-state index contributed by atoms with van der Waals surface area (Å²) in [7, 11) is 1.74. The largest absolute Gasteiger partial charge is 0.493 e. The number of carbonyl (C=O) groups excluding carboxylic acids is 1. The predicted octanol–water partition coefficient (Wildman–Crippen LogP) is 7.13. The van der Waals surface area contributed by atoms with Gasteiger partial charge < -0.3 is 14.2 Å². The summed E-state index contributed by atoms with van der Waals surface area (Å²) in [4.78, 5) is 18.9. The Morgan fingerprint density at radius 1 is 0.800 bits per heavy atom. The van der Waals surface area contributed by atoms with E-state index in [2.05, 4.69) is 26.9 Å². The van der Waals surface area contributed by atoms with Crippen LogP contribution in [0.15, 0.2) is 119 Å². The molecule has 0 aliphatic heterocycles. The molecule has 0 aliphatic carbocycles. The minimum absolute atomic E-state index is 0.0565. The van der Waals surface area contributed by atoms with Gasteiger partial charge in [-0.05, 0) is 23.8 Å². The van der Waals surface area contributed by atoms with Crippen molar-refractivity contribution in [2.75, 3.05) is 0 Å². The number of fused-ring (bicyclic) bond motifs is 4. The zero-order chi connectivity index (χ0) is 27.2. The number of hydrogen-bond acceptors (Lipinski definition) is 4. The van der Waals surface area contributed by atoms with E-state index in [0.717, 1.165) is 27.7 Å². The number of azo groups is 1. The maximum atomic E-state index is 13.9. The second-order valence-corrected chi connectivity index (χ2v) is 9.62. The number of carbonyl (C=O) groups is 1. The third-order valence-electron chi connectivity index (χ3n) is 7.24. The van der Waals surface area contributed by atoms with Gasteiger partial charge in [-0.25, -0.2) is 4.98 Å². The summed E-state index contributed by atoms with van der Waals surface area (Å²) in [5.74, 6) is 0.0238. The zero-order valence-corrected chi connectivity index (χ0v) is 21.6. The molecule has 0 unspecified atom stereocenters. The van der Waals surface area contributed by atoms with Gasteiger partial charge in [0.2, 0.25) is 11.7 Å². The van der Waals surface area contributed by atoms with Gasteiger partial charge >= 0.3 is 5.91 Å². The van der Waals surface area contributed by atoms with E-state index < -0.39 is 5.91 Å². The van der Waals surface area contributed by atoms with E-state index in [1.807, 2.05) is 101 Å². The topological polar surface area (TPSA) is 89.2 Å². The van der Waals surface area contributed by atoms with Crippen LogP contribution in [0.2, 0.25) is 0 Å². The molecule has 1 amide bonds. The molecule has 1 N–H and O–H groups in total. The van der Waals surface area contributed by atoms with Crippen LogP contribution in [0.5, 0.6) is 5.88 Å². The van der Waals surface area contributed by atoms with E-state index in [1.165, 1.54) is 0 Å². The number of aromatic hydroxyl groups is 1.